The van der Waals surface area contributed by atoms with E-state index in [4.69, 9.17) is 0 Å². The molecule has 22 heteroatoms. The van der Waals surface area contributed by atoms with Gasteiger partial charge in [-0.25, -0.2) is 89.7 Å². The van der Waals surface area contributed by atoms with Gasteiger partial charge in [0.1, 0.15) is 6.54 Å². The number of carbonyl (C=O) groups is 2. The third-order valence-corrected chi connectivity index (χ3v) is 11.0. The maximum Gasteiger partial charge on any atom is 0.331 e. The number of unbranched alkanes of at least 4 members (excludes halogenated alkanes) is 3. The predicted molar refractivity (Wildman–Crippen MR) is 387 cm³/mol. The molecule has 1 aliphatic carbocycles. The van der Waals surface area contributed by atoms with Gasteiger partial charge in [-0.2, -0.15) is 4.99 Å². The maximum atomic E-state index is 10.6. The van der Waals surface area contributed by atoms with Crippen LogP contribution in [0.4, 0.5) is 5.69 Å². The number of rotatable bonds is 17. The van der Waals surface area contributed by atoms with Crippen molar-refractivity contribution in [3.8, 4) is 0 Å². The Bertz CT molecular complexity index is 3110. The van der Waals surface area contributed by atoms with Crippen molar-refractivity contribution in [2.45, 2.75) is 149 Å². The molecular formula is C71H104N18O4. The molecule has 4 aromatic rings. The Morgan fingerprint density at radius 3 is 1.46 bits per heavy atom. The van der Waals surface area contributed by atoms with E-state index in [1.54, 1.807) is 56.3 Å². The molecule has 1 saturated carbocycles. The zero-order valence-electron chi connectivity index (χ0n) is 58.9. The second-order valence-electron chi connectivity index (χ2n) is 20.3. The van der Waals surface area contributed by atoms with E-state index < -0.39 is 6.04 Å². The minimum Gasteiger partial charge on any atom is -0.468 e. The van der Waals surface area contributed by atoms with Gasteiger partial charge in [0.25, 0.3) is 0 Å². The van der Waals surface area contributed by atoms with Crippen LogP contribution in [0.15, 0.2) is 211 Å². The molecule has 0 heterocycles. The van der Waals surface area contributed by atoms with E-state index in [9.17, 15) is 9.59 Å². The summed E-state index contributed by atoms with van der Waals surface area (Å²) in [5.41, 5.74) is 4.16. The van der Waals surface area contributed by atoms with Crippen LogP contribution in [0.5, 0.6) is 0 Å². The number of ether oxygens (including phenoxy) is 2. The van der Waals surface area contributed by atoms with Gasteiger partial charge in [-0.15, -0.1) is 0 Å². The van der Waals surface area contributed by atoms with Crippen LogP contribution in [0, 0.1) is 0 Å². The molecule has 2 atom stereocenters. The molecule has 0 aliphatic heterocycles. The summed E-state index contributed by atoms with van der Waals surface area (Å²) in [6.07, 6.45) is 11.6. The molecule has 1 aliphatic rings. The van der Waals surface area contributed by atoms with E-state index in [0.29, 0.717) is 12.6 Å². The predicted octanol–water partition coefficient (Wildman–Crippen LogP) is 15.8. The first kappa shape index (κ1) is 89.7. The number of methoxy groups -OCH3 is 2. The fraction of sp³-hybridized carbons (Fsp3) is 0.507. The zero-order chi connectivity index (χ0) is 70.3. The van der Waals surface area contributed by atoms with E-state index in [1.165, 1.54) is 103 Å². The molecule has 0 amide bonds. The van der Waals surface area contributed by atoms with Gasteiger partial charge >= 0.3 is 11.9 Å². The highest BCUT2D eigenvalue weighted by Gasteiger charge is 2.17. The Kier molecular flexibility index (Phi) is 64.3. The Hall–Kier alpha value is -9.76. The van der Waals surface area contributed by atoms with Gasteiger partial charge in [-0.05, 0) is 96.6 Å². The molecule has 22 nitrogen and oxygen atoms in total. The summed E-state index contributed by atoms with van der Waals surface area (Å²) < 4.78 is 8.68. The number of esters is 2. The fourth-order valence-electron chi connectivity index (χ4n) is 6.32. The zero-order valence-corrected chi connectivity index (χ0v) is 58.9. The normalized spacial score (nSPS) is 10.6. The Morgan fingerprint density at radius 2 is 0.978 bits per heavy atom. The van der Waals surface area contributed by atoms with Gasteiger partial charge in [0, 0.05) is 70.0 Å². The first-order valence-electron chi connectivity index (χ1n) is 30.4. The van der Waals surface area contributed by atoms with Crippen molar-refractivity contribution in [1.82, 2.24) is 0 Å². The summed E-state index contributed by atoms with van der Waals surface area (Å²) in [5.74, 6) is -0.762. The van der Waals surface area contributed by atoms with E-state index in [-0.39, 0.29) is 35.6 Å². The summed E-state index contributed by atoms with van der Waals surface area (Å²) in [7, 11) is 17.4. The minimum atomic E-state index is -0.506. The average molecular weight is 1270 g/mol. The molecule has 4 aromatic carbocycles. The van der Waals surface area contributed by atoms with Crippen LogP contribution in [0.25, 0.3) is 0 Å². The molecule has 0 saturated heterocycles. The standard InChI is InChI=1S/C11H14N2.C10H12N2.C9H10N2.C8H14N2.C8H8N2.C8H16N2.C6H10N2O2.C6H12N2.C5H8N2O2/c1-11(2,13-9-12-3)10-7-5-4-6-8-10;1-9(12-8-11-2)10-6-4-3-5-7-10;1-10-8-11-7-9-5-3-2-4-6-9;2*1-9-7-10-8-5-3-2-4-6-8;1-3-4-5-6-7-10-8-9-2;1-5(6(9)10-3)8-4-7-2;1-6(2,3)8-5-7-4;1-6-4-7-3-5(8)9-2/h4-8H,1-3H3;3-7,9H,1-2H3;2-6H,7H2,1H3;8H,2-6H2,1H3;2-6H,1H3;3-7H2,1-2H3;5H,1-3H3;1-4H3;3H2,1-2H3. The summed E-state index contributed by atoms with van der Waals surface area (Å²) in [6.45, 7) is 17.5. The molecule has 1 fully saturated rings. The van der Waals surface area contributed by atoms with Crippen molar-refractivity contribution in [2.75, 3.05) is 90.7 Å². The number of para-hydroxylation sites is 1. The summed E-state index contributed by atoms with van der Waals surface area (Å²) >= 11 is 0. The van der Waals surface area contributed by atoms with Crippen molar-refractivity contribution < 1.29 is 19.1 Å². The lowest BCUT2D eigenvalue weighted by Gasteiger charge is -2.17. The van der Waals surface area contributed by atoms with Crippen LogP contribution in [-0.2, 0) is 31.1 Å². The summed E-state index contributed by atoms with van der Waals surface area (Å²) in [4.78, 5) is 88.8. The smallest absolute Gasteiger partial charge is 0.331 e. The topological polar surface area (TPSA) is 275 Å². The number of hydrogen-bond donors (Lipinski definition) is 0. The van der Waals surface area contributed by atoms with Gasteiger partial charge in [0.2, 0.25) is 0 Å². The second-order valence-corrected chi connectivity index (χ2v) is 20.3. The first-order valence-corrected chi connectivity index (χ1v) is 30.4. The van der Waals surface area contributed by atoms with Crippen molar-refractivity contribution in [2.24, 2.45) is 89.9 Å². The van der Waals surface area contributed by atoms with E-state index in [0.717, 1.165) is 12.2 Å². The van der Waals surface area contributed by atoms with Gasteiger partial charge < -0.3 is 9.47 Å². The lowest BCUT2D eigenvalue weighted by atomic mass is 9.95. The van der Waals surface area contributed by atoms with Gasteiger partial charge in [0.15, 0.2) is 6.04 Å². The highest BCUT2D eigenvalue weighted by Crippen LogP contribution is 2.23. The van der Waals surface area contributed by atoms with E-state index in [1.807, 2.05) is 151 Å². The lowest BCUT2D eigenvalue weighted by Crippen LogP contribution is -2.15. The van der Waals surface area contributed by atoms with Crippen LogP contribution >= 0.6 is 0 Å². The van der Waals surface area contributed by atoms with Crippen molar-refractivity contribution in [1.29, 1.82) is 0 Å². The minimum absolute atomic E-state index is 0.00611. The van der Waals surface area contributed by atoms with Crippen LogP contribution < -0.4 is 0 Å². The Balaban J connectivity index is -0.000000481. The number of aliphatic imine (C=N–C) groups is 18. The molecule has 502 valence electrons. The van der Waals surface area contributed by atoms with Gasteiger partial charge in [0.05, 0.1) is 104 Å². The fourth-order valence-corrected chi connectivity index (χ4v) is 6.32. The number of nitrogens with zero attached hydrogens (tertiary/aromatic N) is 18. The molecule has 0 bridgehead atoms. The quantitative estimate of drug-likeness (QED) is 0.0566. The molecule has 5 rings (SSSR count). The lowest BCUT2D eigenvalue weighted by molar-refractivity contribution is -0.141. The van der Waals surface area contributed by atoms with E-state index >= 15 is 0 Å². The maximum absolute atomic E-state index is 10.6. The summed E-state index contributed by atoms with van der Waals surface area (Å²) in [5, 5.41) is 0. The number of hydrogen-bond acceptors (Lipinski definition) is 22. The van der Waals surface area contributed by atoms with Gasteiger partial charge in [-0.3, -0.25) is 4.79 Å². The first-order chi connectivity index (χ1) is 44.8. The summed E-state index contributed by atoms with van der Waals surface area (Å²) in [6, 6.07) is 62.7. The molecule has 0 radical (unpaired) electrons. The van der Waals surface area contributed by atoms with Crippen LogP contribution in [0.3, 0.4) is 0 Å². The number of carbonyl (C=O) groups excluding carboxylic acids is 2. The van der Waals surface area contributed by atoms with Crippen LogP contribution in [0.1, 0.15) is 136 Å². The van der Waals surface area contributed by atoms with Gasteiger partial charge in [-0.1, -0.05) is 155 Å². The van der Waals surface area contributed by atoms with Crippen molar-refractivity contribution >= 4 is 71.7 Å². The second kappa shape index (κ2) is 66.7. The third-order valence-electron chi connectivity index (χ3n) is 11.0. The molecule has 0 N–H and O–H groups in total. The van der Waals surface area contributed by atoms with Crippen LogP contribution in [0.2, 0.25) is 0 Å². The highest BCUT2D eigenvalue weighted by molar-refractivity contribution is 5.76. The highest BCUT2D eigenvalue weighted by atomic mass is 16.5. The molecular weight excluding hydrogens is 1170 g/mol. The van der Waals surface area contributed by atoms with Crippen molar-refractivity contribution in [3.63, 3.8) is 0 Å². The largest absolute Gasteiger partial charge is 0.468 e. The van der Waals surface area contributed by atoms with E-state index in [2.05, 4.69) is 172 Å². The monoisotopic (exact) mass is 1270 g/mol. The molecule has 0 aromatic heterocycles. The molecule has 93 heavy (non-hydrogen) atoms. The Labute approximate surface area is 555 Å². The van der Waals surface area contributed by atoms with Crippen molar-refractivity contribution in [3.05, 3.63) is 138 Å². The third kappa shape index (κ3) is 63.6. The van der Waals surface area contributed by atoms with Crippen LogP contribution in [-0.4, -0.2) is 174 Å². The number of benzene rings is 4. The molecule has 2 unspecified atom stereocenters. The Morgan fingerprint density at radius 1 is 0.505 bits per heavy atom. The average Bonchev–Trinajstić information content (AvgIpc) is 1.17. The SMILES string of the molecule is CCCCCCN=C=NC.CN=C=NC(C)(C)C.CN=C=NC(C)(C)c1ccccc1.CN=C=NC(C)C(=O)OC.CN=C=NC(C)c1ccccc1.CN=C=NC1CCCCC1.CN=C=NCC(=O)OC.CN=C=NCc1ccccc1.CN=C=Nc1ccccc1. The molecule has 0 spiro atoms.